The van der Waals surface area contributed by atoms with Gasteiger partial charge in [0.2, 0.25) is 11.2 Å². The molecule has 2 heterocycles. The van der Waals surface area contributed by atoms with E-state index in [0.29, 0.717) is 128 Å². The first-order valence-corrected chi connectivity index (χ1v) is 37.6. The van der Waals surface area contributed by atoms with Crippen LogP contribution in [-0.4, -0.2) is 0 Å². The Bertz CT molecular complexity index is 5620. The van der Waals surface area contributed by atoms with Gasteiger partial charge in [0, 0.05) is 47.4 Å². The number of allylic oxidation sites excluding steroid dienone is 1. The molecular weight excluding hydrogens is 1410 g/mol. The van der Waals surface area contributed by atoms with Crippen LogP contribution < -0.4 is 52.8 Å². The van der Waals surface area contributed by atoms with Gasteiger partial charge in [0.15, 0.2) is 34.5 Å². The van der Waals surface area contributed by atoms with Crippen LogP contribution in [0.3, 0.4) is 0 Å². The SMILES string of the molecule is O=c1c(OCc2ccccc2)c(-c2ccc(OCc3ccccc3)c(OCc3ccccc3)c2)oc2cc(OCc3ccccc3)cc(OCc3ccccc3)c12.c1ccc(COC2=C(c3ccc(OCc4ccccc4)c(OCc4ccccc4)c3)Oc3cc(OCc4ccccc4)cc(OCc4ccccc4)c3C2)cc1. The standard InChI is InChI=1S/C50H40O7.C50H42O6/c51-48-47-45(55-34-39-22-12-4-13-23-39)29-42(52-31-36-16-6-1-7-17-36)30-46(47)57-49(50(48)56-35-40-24-14-5-15-25-40)41-26-27-43(53-32-37-18-8-2-9-19-37)44(28-41)54-33-38-20-10-3-11-21-38;1-6-16-37(17-7-1)32-51-43-29-46(53-34-39-20-10-3-11-21-39)44-31-49(55-36-41-24-14-5-15-25-41)50(56-47(44)30-43)42-26-27-45(52-33-38-18-8-2-9-19-38)48(28-42)54-35-40-22-12-4-13-23-40/h1-30H,31-35H2;1-30H,31-36H2. The topological polar surface area (TPSA) is 132 Å². The molecule has 0 unspecified atom stereocenters. The van der Waals surface area contributed by atoms with Gasteiger partial charge in [-0.1, -0.05) is 303 Å². The molecule has 13 heteroatoms. The summed E-state index contributed by atoms with van der Waals surface area (Å²) in [5, 5.41) is 0.244. The fourth-order valence-electron chi connectivity index (χ4n) is 12.7. The summed E-state index contributed by atoms with van der Waals surface area (Å²) in [6.45, 7) is 3.25. The first-order chi connectivity index (χ1) is 55.9. The number of rotatable bonds is 32. The highest BCUT2D eigenvalue weighted by molar-refractivity contribution is 5.89. The minimum absolute atomic E-state index is 0.0424. The molecule has 0 aliphatic carbocycles. The van der Waals surface area contributed by atoms with Gasteiger partial charge in [0.25, 0.3) is 0 Å². The largest absolute Gasteiger partial charge is 0.489 e. The second kappa shape index (κ2) is 37.8. The highest BCUT2D eigenvalue weighted by Gasteiger charge is 2.30. The summed E-state index contributed by atoms with van der Waals surface area (Å²) in [5.41, 5.74) is 12.3. The summed E-state index contributed by atoms with van der Waals surface area (Å²) in [6.07, 6.45) is 0.438. The highest BCUT2D eigenvalue weighted by atomic mass is 16.5. The van der Waals surface area contributed by atoms with Crippen molar-refractivity contribution < 1.29 is 56.5 Å². The Balaban J connectivity index is 0.000000178. The van der Waals surface area contributed by atoms with Crippen LogP contribution in [0, 0.1) is 0 Å². The highest BCUT2D eigenvalue weighted by Crippen LogP contribution is 2.46. The Morgan fingerprint density at radius 1 is 0.257 bits per heavy atom. The number of hydrogen-bond acceptors (Lipinski definition) is 13. The molecule has 0 saturated carbocycles. The smallest absolute Gasteiger partial charge is 0.239 e. The van der Waals surface area contributed by atoms with Crippen molar-refractivity contribution in [2.24, 2.45) is 0 Å². The molecule has 13 nitrogen and oxygen atoms in total. The molecule has 0 fully saturated rings. The Morgan fingerprint density at radius 3 is 0.947 bits per heavy atom. The Kier molecular flexibility index (Phi) is 24.8. The molecule has 15 aromatic rings. The van der Waals surface area contributed by atoms with E-state index in [0.717, 1.165) is 66.8 Å². The summed E-state index contributed by atoms with van der Waals surface area (Å²) < 4.78 is 77.8. The van der Waals surface area contributed by atoms with Crippen LogP contribution in [0.25, 0.3) is 28.1 Å². The maximum atomic E-state index is 14.8. The van der Waals surface area contributed by atoms with Crippen LogP contribution in [0.4, 0.5) is 0 Å². The average molecular weight is 1490 g/mol. The van der Waals surface area contributed by atoms with E-state index in [9.17, 15) is 4.79 Å². The Hall–Kier alpha value is -14.2. The lowest BCUT2D eigenvalue weighted by Crippen LogP contribution is -2.14. The zero-order valence-corrected chi connectivity index (χ0v) is 62.2. The van der Waals surface area contributed by atoms with Gasteiger partial charge < -0.3 is 56.5 Å². The van der Waals surface area contributed by atoms with E-state index in [2.05, 4.69) is 24.3 Å². The first-order valence-electron chi connectivity index (χ1n) is 37.6. The number of fused-ring (bicyclic) bond motifs is 2. The molecule has 1 aromatic heterocycles. The third-order valence-electron chi connectivity index (χ3n) is 18.6. The predicted octanol–water partition coefficient (Wildman–Crippen LogP) is 22.9. The summed E-state index contributed by atoms with van der Waals surface area (Å²) in [5.74, 6) is 6.54. The van der Waals surface area contributed by atoms with Crippen LogP contribution >= 0.6 is 0 Å². The third kappa shape index (κ3) is 20.4. The molecule has 0 spiro atoms. The van der Waals surface area contributed by atoms with Crippen molar-refractivity contribution in [2.75, 3.05) is 0 Å². The zero-order valence-electron chi connectivity index (χ0n) is 62.2. The second-order valence-electron chi connectivity index (χ2n) is 26.9. The van der Waals surface area contributed by atoms with Gasteiger partial charge in [-0.15, -0.1) is 0 Å². The van der Waals surface area contributed by atoms with Gasteiger partial charge >= 0.3 is 0 Å². The van der Waals surface area contributed by atoms with Crippen LogP contribution in [-0.2, 0) is 77.2 Å². The van der Waals surface area contributed by atoms with Crippen molar-refractivity contribution in [3.8, 4) is 68.8 Å². The molecule has 1 aliphatic heterocycles. The molecular formula is C100H82O13. The molecule has 0 bridgehead atoms. The molecule has 0 atom stereocenters. The number of hydrogen-bond donors (Lipinski definition) is 0. The van der Waals surface area contributed by atoms with Crippen molar-refractivity contribution in [3.63, 3.8) is 0 Å². The third-order valence-corrected chi connectivity index (χ3v) is 18.6. The van der Waals surface area contributed by atoms with Crippen LogP contribution in [0.15, 0.2) is 379 Å². The van der Waals surface area contributed by atoms with E-state index in [1.807, 2.05) is 328 Å². The summed E-state index contributed by atoms with van der Waals surface area (Å²) in [6, 6.07) is 118. The van der Waals surface area contributed by atoms with Crippen molar-refractivity contribution in [1.29, 1.82) is 0 Å². The van der Waals surface area contributed by atoms with Gasteiger partial charge in [-0.05, 0) is 92.0 Å². The Morgan fingerprint density at radius 2 is 0.558 bits per heavy atom. The van der Waals surface area contributed by atoms with Crippen molar-refractivity contribution in [3.05, 3.63) is 447 Å². The molecule has 0 radical (unpaired) electrons. The van der Waals surface area contributed by atoms with Crippen molar-refractivity contribution in [1.82, 2.24) is 0 Å². The van der Waals surface area contributed by atoms with Gasteiger partial charge in [0.05, 0.1) is 0 Å². The zero-order chi connectivity index (χ0) is 76.4. The normalized spacial score (nSPS) is 11.4. The first kappa shape index (κ1) is 74.3. The van der Waals surface area contributed by atoms with E-state index >= 15 is 0 Å². The monoisotopic (exact) mass is 1490 g/mol. The fourth-order valence-corrected chi connectivity index (χ4v) is 12.7. The van der Waals surface area contributed by atoms with E-state index < -0.39 is 0 Å². The van der Waals surface area contributed by atoms with Gasteiger partial charge in [0.1, 0.15) is 112 Å². The van der Waals surface area contributed by atoms with Gasteiger partial charge in [-0.2, -0.15) is 0 Å². The molecule has 0 amide bonds. The van der Waals surface area contributed by atoms with E-state index in [-0.39, 0.29) is 41.1 Å². The van der Waals surface area contributed by atoms with Gasteiger partial charge in [-0.25, -0.2) is 0 Å². The average Bonchev–Trinajstić information content (AvgIpc) is 0.758. The molecule has 0 saturated heterocycles. The van der Waals surface area contributed by atoms with Crippen molar-refractivity contribution in [2.45, 2.75) is 72.5 Å². The lowest BCUT2D eigenvalue weighted by Gasteiger charge is -2.27. The maximum Gasteiger partial charge on any atom is 0.239 e. The lowest BCUT2D eigenvalue weighted by molar-refractivity contribution is 0.182. The quantitative estimate of drug-likeness (QED) is 0.0397. The van der Waals surface area contributed by atoms with E-state index in [1.54, 1.807) is 12.1 Å². The summed E-state index contributed by atoms with van der Waals surface area (Å²) >= 11 is 0. The van der Waals surface area contributed by atoms with E-state index in [4.69, 9.17) is 56.5 Å². The lowest BCUT2D eigenvalue weighted by atomic mass is 10.0. The van der Waals surface area contributed by atoms with E-state index in [1.165, 1.54) is 0 Å². The van der Waals surface area contributed by atoms with Crippen LogP contribution in [0.1, 0.15) is 66.8 Å². The second-order valence-corrected chi connectivity index (χ2v) is 26.9. The summed E-state index contributed by atoms with van der Waals surface area (Å²) in [4.78, 5) is 14.8. The summed E-state index contributed by atoms with van der Waals surface area (Å²) in [7, 11) is 0. The fraction of sp³-hybridized carbons (Fsp3) is 0.110. The minimum atomic E-state index is -0.379. The number of ether oxygens (including phenoxy) is 11. The predicted molar refractivity (Wildman–Crippen MR) is 440 cm³/mol. The molecule has 0 N–H and O–H groups in total. The molecule has 113 heavy (non-hydrogen) atoms. The minimum Gasteiger partial charge on any atom is -0.489 e. The molecule has 560 valence electrons. The van der Waals surface area contributed by atoms with Gasteiger partial charge in [-0.3, -0.25) is 4.79 Å². The van der Waals surface area contributed by atoms with Crippen LogP contribution in [0.5, 0.6) is 57.5 Å². The molecule has 1 aliphatic rings. The van der Waals surface area contributed by atoms with Crippen molar-refractivity contribution >= 4 is 16.7 Å². The number of benzene rings is 14. The molecule has 14 aromatic carbocycles. The Labute approximate surface area is 657 Å². The maximum absolute atomic E-state index is 14.8. The molecule has 16 rings (SSSR count). The van der Waals surface area contributed by atoms with Crippen LogP contribution in [0.2, 0.25) is 0 Å².